The molecule has 2 aliphatic rings. The second kappa shape index (κ2) is 11.5. The molecule has 2 atom stereocenters. The highest BCUT2D eigenvalue weighted by Crippen LogP contribution is 2.27. The SMILES string of the molecule is CC1(C)NC(=O)C[C@@H](C(=O)NCC2CC2)NC(=O)c2ccccc2OC[C@@H](Cc2ccccc2)NC1=O. The summed E-state index contributed by atoms with van der Waals surface area (Å²) in [7, 11) is 0. The number of benzene rings is 2. The minimum Gasteiger partial charge on any atom is -0.491 e. The van der Waals surface area contributed by atoms with Gasteiger partial charge < -0.3 is 26.0 Å². The zero-order valence-electron chi connectivity index (χ0n) is 21.2. The first kappa shape index (κ1) is 26.2. The molecule has 1 fully saturated rings. The Morgan fingerprint density at radius 2 is 1.70 bits per heavy atom. The van der Waals surface area contributed by atoms with Crippen LogP contribution in [0, 0.1) is 5.92 Å². The number of nitrogens with one attached hydrogen (secondary N) is 4. The van der Waals surface area contributed by atoms with Gasteiger partial charge in [-0.3, -0.25) is 19.2 Å². The topological polar surface area (TPSA) is 126 Å². The number of carbonyl (C=O) groups is 4. The molecule has 9 heteroatoms. The summed E-state index contributed by atoms with van der Waals surface area (Å²) in [5, 5.41) is 11.2. The van der Waals surface area contributed by atoms with Gasteiger partial charge in [-0.25, -0.2) is 0 Å². The molecule has 1 aliphatic carbocycles. The quantitative estimate of drug-likeness (QED) is 0.491. The smallest absolute Gasteiger partial charge is 0.255 e. The summed E-state index contributed by atoms with van der Waals surface area (Å²) in [6.45, 7) is 3.80. The van der Waals surface area contributed by atoms with E-state index >= 15 is 0 Å². The van der Waals surface area contributed by atoms with E-state index in [1.165, 1.54) is 0 Å². The molecule has 0 unspecified atom stereocenters. The van der Waals surface area contributed by atoms with Crippen LogP contribution in [0.15, 0.2) is 54.6 Å². The highest BCUT2D eigenvalue weighted by atomic mass is 16.5. The van der Waals surface area contributed by atoms with Crippen LogP contribution in [0.3, 0.4) is 0 Å². The van der Waals surface area contributed by atoms with Gasteiger partial charge in [0.25, 0.3) is 5.91 Å². The number of carbonyl (C=O) groups excluding carboxylic acids is 4. The highest BCUT2D eigenvalue weighted by molar-refractivity contribution is 6.01. The highest BCUT2D eigenvalue weighted by Gasteiger charge is 2.34. The van der Waals surface area contributed by atoms with E-state index in [0.717, 1.165) is 18.4 Å². The molecule has 0 radical (unpaired) electrons. The van der Waals surface area contributed by atoms with Gasteiger partial charge in [-0.15, -0.1) is 0 Å². The maximum atomic E-state index is 13.2. The van der Waals surface area contributed by atoms with Gasteiger partial charge in [0.15, 0.2) is 0 Å². The number of hydrogen-bond acceptors (Lipinski definition) is 5. The molecule has 0 spiro atoms. The van der Waals surface area contributed by atoms with Crippen molar-refractivity contribution < 1.29 is 23.9 Å². The zero-order valence-corrected chi connectivity index (χ0v) is 21.2. The van der Waals surface area contributed by atoms with Crippen molar-refractivity contribution in [1.29, 1.82) is 0 Å². The van der Waals surface area contributed by atoms with Crippen molar-refractivity contribution >= 4 is 23.6 Å². The molecule has 1 saturated carbocycles. The first-order chi connectivity index (χ1) is 17.7. The average Bonchev–Trinajstić information content (AvgIpc) is 3.70. The van der Waals surface area contributed by atoms with Gasteiger partial charge in [0.2, 0.25) is 17.7 Å². The maximum absolute atomic E-state index is 13.2. The molecule has 4 amide bonds. The first-order valence-electron chi connectivity index (χ1n) is 12.7. The molecule has 0 bridgehead atoms. The standard InChI is InChI=1S/C28H34N4O5/c1-28(2)27(36)30-20(14-18-8-4-3-5-9-18)17-37-23-11-7-6-10-21(23)25(34)31-22(15-24(33)32-28)26(35)29-16-19-12-13-19/h3-11,19-20,22H,12-17H2,1-2H3,(H,29,35)(H,30,36)(H,31,34)(H,32,33)/t20-,22+/m1/s1. The summed E-state index contributed by atoms with van der Waals surface area (Å²) < 4.78 is 6.04. The summed E-state index contributed by atoms with van der Waals surface area (Å²) in [6, 6.07) is 14.9. The minimum atomic E-state index is -1.26. The third-order valence-corrected chi connectivity index (χ3v) is 6.52. The molecule has 2 aromatic carbocycles. The predicted molar refractivity (Wildman–Crippen MR) is 138 cm³/mol. The Balaban J connectivity index is 1.60. The Labute approximate surface area is 216 Å². The van der Waals surface area contributed by atoms with E-state index in [2.05, 4.69) is 21.3 Å². The van der Waals surface area contributed by atoms with E-state index in [9.17, 15) is 19.2 Å². The van der Waals surface area contributed by atoms with Crippen molar-refractivity contribution in [2.24, 2.45) is 5.92 Å². The number of amides is 4. The largest absolute Gasteiger partial charge is 0.491 e. The Kier molecular flexibility index (Phi) is 8.11. The number of ether oxygens (including phenoxy) is 1. The monoisotopic (exact) mass is 506 g/mol. The summed E-state index contributed by atoms with van der Waals surface area (Å²) >= 11 is 0. The van der Waals surface area contributed by atoms with Gasteiger partial charge in [0.1, 0.15) is 23.9 Å². The Bertz CT molecular complexity index is 1150. The van der Waals surface area contributed by atoms with Crippen LogP contribution < -0.4 is 26.0 Å². The third kappa shape index (κ3) is 7.31. The molecule has 1 aliphatic heterocycles. The van der Waals surface area contributed by atoms with Crippen molar-refractivity contribution in [2.75, 3.05) is 13.2 Å². The first-order valence-corrected chi connectivity index (χ1v) is 12.7. The predicted octanol–water partition coefficient (Wildman–Crippen LogP) is 1.72. The van der Waals surface area contributed by atoms with Crippen molar-refractivity contribution in [2.45, 2.75) is 57.2 Å². The summed E-state index contributed by atoms with van der Waals surface area (Å²) in [4.78, 5) is 52.3. The van der Waals surface area contributed by atoms with Crippen molar-refractivity contribution in [1.82, 2.24) is 21.3 Å². The molecule has 196 valence electrons. The van der Waals surface area contributed by atoms with Gasteiger partial charge in [0, 0.05) is 6.54 Å². The lowest BCUT2D eigenvalue weighted by Gasteiger charge is -2.30. The molecule has 0 aromatic heterocycles. The normalized spacial score (nSPS) is 22.3. The van der Waals surface area contributed by atoms with E-state index in [1.807, 2.05) is 30.3 Å². The molecular weight excluding hydrogens is 472 g/mol. The van der Waals surface area contributed by atoms with Gasteiger partial charge in [-0.2, -0.15) is 0 Å². The lowest BCUT2D eigenvalue weighted by Crippen LogP contribution is -2.59. The summed E-state index contributed by atoms with van der Waals surface area (Å²) in [6.07, 6.45) is 2.29. The van der Waals surface area contributed by atoms with Gasteiger partial charge >= 0.3 is 0 Å². The summed E-state index contributed by atoms with van der Waals surface area (Å²) in [5.41, 5.74) is -0.0110. The van der Waals surface area contributed by atoms with Crippen LogP contribution in [0.25, 0.3) is 0 Å². The number of fused-ring (bicyclic) bond motifs is 1. The average molecular weight is 507 g/mol. The van der Waals surface area contributed by atoms with Gasteiger partial charge in [-0.05, 0) is 56.7 Å². The molecule has 0 saturated heterocycles. The maximum Gasteiger partial charge on any atom is 0.255 e. The van der Waals surface area contributed by atoms with Gasteiger partial charge in [-0.1, -0.05) is 42.5 Å². The number of hydrogen-bond donors (Lipinski definition) is 4. The van der Waals surface area contributed by atoms with Crippen LogP contribution in [0.5, 0.6) is 5.75 Å². The Morgan fingerprint density at radius 3 is 2.43 bits per heavy atom. The van der Waals surface area contributed by atoms with E-state index in [-0.39, 0.29) is 24.5 Å². The van der Waals surface area contributed by atoms with Crippen LogP contribution in [0.2, 0.25) is 0 Å². The van der Waals surface area contributed by atoms with E-state index in [4.69, 9.17) is 4.74 Å². The molecule has 2 aromatic rings. The Hall–Kier alpha value is -3.88. The lowest BCUT2D eigenvalue weighted by molar-refractivity contribution is -0.134. The second-order valence-electron chi connectivity index (χ2n) is 10.3. The number of rotatable bonds is 5. The van der Waals surface area contributed by atoms with Crippen LogP contribution >= 0.6 is 0 Å². The zero-order chi connectivity index (χ0) is 26.4. The Morgan fingerprint density at radius 1 is 1.00 bits per heavy atom. The molecule has 37 heavy (non-hydrogen) atoms. The third-order valence-electron chi connectivity index (χ3n) is 6.52. The van der Waals surface area contributed by atoms with Crippen molar-refractivity contribution in [3.8, 4) is 5.75 Å². The van der Waals surface area contributed by atoms with Crippen LogP contribution in [0.1, 0.15) is 49.0 Å². The van der Waals surface area contributed by atoms with Crippen LogP contribution in [-0.2, 0) is 20.8 Å². The molecule has 1 heterocycles. The van der Waals surface area contributed by atoms with E-state index < -0.39 is 35.3 Å². The fourth-order valence-corrected chi connectivity index (χ4v) is 4.16. The van der Waals surface area contributed by atoms with Crippen LogP contribution in [-0.4, -0.2) is 54.4 Å². The molecule has 4 N–H and O–H groups in total. The molecule has 9 nitrogen and oxygen atoms in total. The van der Waals surface area contributed by atoms with E-state index in [1.54, 1.807) is 38.1 Å². The van der Waals surface area contributed by atoms with Gasteiger partial charge in [0.05, 0.1) is 18.0 Å². The molecular formula is C28H34N4O5. The fourth-order valence-electron chi connectivity index (χ4n) is 4.16. The lowest BCUT2D eigenvalue weighted by atomic mass is 10.0. The van der Waals surface area contributed by atoms with Crippen molar-refractivity contribution in [3.05, 3.63) is 65.7 Å². The molecule has 4 rings (SSSR count). The van der Waals surface area contributed by atoms with E-state index in [0.29, 0.717) is 24.6 Å². The number of para-hydroxylation sites is 1. The second-order valence-corrected chi connectivity index (χ2v) is 10.3. The minimum absolute atomic E-state index is 0.0975. The van der Waals surface area contributed by atoms with Crippen LogP contribution in [0.4, 0.5) is 0 Å². The fraction of sp³-hybridized carbons (Fsp3) is 0.429. The summed E-state index contributed by atoms with van der Waals surface area (Å²) in [5.74, 6) is -1.10. The van der Waals surface area contributed by atoms with Crippen molar-refractivity contribution in [3.63, 3.8) is 0 Å².